The standard InChI is InChI=1S/C31H34F3N3O5S2/c32-31(33,34)20-35-29(40)30(24-11-3-1-9-22(24)23-10-2-4-12-25(23)30)14-5-6-15-37-16-7-8-21(19-37)18-36-44(41,42)26-13-17-43-27(26)28(38)39/h1-4,9-13,17,21,36H,5-8,14-16,18-20H2,(H,35,40)(H,38,39). The molecule has 1 saturated heterocycles. The number of hydrogen-bond donors (Lipinski definition) is 3. The van der Waals surface area contributed by atoms with Crippen molar-refractivity contribution in [2.75, 3.05) is 32.7 Å². The first-order valence-electron chi connectivity index (χ1n) is 14.5. The molecule has 3 N–H and O–H groups in total. The minimum atomic E-state index is -4.53. The summed E-state index contributed by atoms with van der Waals surface area (Å²) in [6.07, 6.45) is -1.20. The molecule has 1 fully saturated rings. The van der Waals surface area contributed by atoms with Crippen molar-refractivity contribution < 1.29 is 36.3 Å². The Bertz CT molecular complexity index is 1580. The molecule has 1 aliphatic heterocycles. The molecule has 3 aromatic rings. The van der Waals surface area contributed by atoms with Crippen LogP contribution in [0, 0.1) is 5.92 Å². The summed E-state index contributed by atoms with van der Waals surface area (Å²) in [6.45, 7) is 0.964. The maximum Gasteiger partial charge on any atom is 0.405 e. The lowest BCUT2D eigenvalue weighted by atomic mass is 9.73. The fraction of sp³-hybridized carbons (Fsp3) is 0.419. The van der Waals surface area contributed by atoms with Crippen LogP contribution in [0.15, 0.2) is 64.9 Å². The summed E-state index contributed by atoms with van der Waals surface area (Å²) in [7, 11) is -3.97. The van der Waals surface area contributed by atoms with Gasteiger partial charge in [0.1, 0.15) is 21.7 Å². The average molecular weight is 650 g/mol. The molecule has 1 aromatic heterocycles. The lowest BCUT2D eigenvalue weighted by Crippen LogP contribution is -2.47. The molecule has 44 heavy (non-hydrogen) atoms. The third kappa shape index (κ3) is 6.70. The number of piperidine rings is 1. The molecule has 1 amide bonds. The summed E-state index contributed by atoms with van der Waals surface area (Å²) in [6, 6.07) is 16.1. The first-order chi connectivity index (χ1) is 20.9. The Hall–Kier alpha value is -3.26. The van der Waals surface area contributed by atoms with Crippen LogP contribution in [0.25, 0.3) is 11.1 Å². The monoisotopic (exact) mass is 649 g/mol. The van der Waals surface area contributed by atoms with Crippen molar-refractivity contribution in [3.8, 4) is 11.1 Å². The van der Waals surface area contributed by atoms with Crippen molar-refractivity contribution in [2.24, 2.45) is 5.92 Å². The number of carboxylic acid groups (broad SMARTS) is 1. The van der Waals surface area contributed by atoms with Gasteiger partial charge in [0.05, 0.1) is 0 Å². The van der Waals surface area contributed by atoms with Crippen LogP contribution in [-0.4, -0.2) is 69.2 Å². The Morgan fingerprint density at radius 1 is 1.02 bits per heavy atom. The second kappa shape index (κ2) is 13.0. The van der Waals surface area contributed by atoms with Gasteiger partial charge in [-0.1, -0.05) is 55.0 Å². The number of likely N-dealkylation sites (tertiary alicyclic amines) is 1. The van der Waals surface area contributed by atoms with Crippen LogP contribution in [0.1, 0.15) is 52.9 Å². The first-order valence-corrected chi connectivity index (χ1v) is 16.9. The number of carbonyl (C=O) groups is 2. The zero-order chi connectivity index (χ0) is 31.5. The molecule has 1 atom stereocenters. The van der Waals surface area contributed by atoms with Crippen molar-refractivity contribution in [3.63, 3.8) is 0 Å². The fourth-order valence-corrected chi connectivity index (χ4v) is 8.88. The molecule has 0 radical (unpaired) electrons. The quantitative estimate of drug-likeness (QED) is 0.231. The van der Waals surface area contributed by atoms with Gasteiger partial charge in [-0.05, 0) is 78.4 Å². The van der Waals surface area contributed by atoms with Crippen LogP contribution in [0.5, 0.6) is 0 Å². The number of alkyl halides is 3. The highest BCUT2D eigenvalue weighted by Gasteiger charge is 2.49. The molecule has 2 aromatic carbocycles. The second-order valence-electron chi connectivity index (χ2n) is 11.3. The molecule has 1 aliphatic carbocycles. The Balaban J connectivity index is 1.23. The summed E-state index contributed by atoms with van der Waals surface area (Å²) in [5, 5.41) is 12.9. The fourth-order valence-electron chi connectivity index (χ4n) is 6.50. The van der Waals surface area contributed by atoms with Crippen molar-refractivity contribution in [3.05, 3.63) is 76.0 Å². The van der Waals surface area contributed by atoms with Crippen LogP contribution in [0.2, 0.25) is 0 Å². The normalized spacial score (nSPS) is 18.0. The molecule has 13 heteroatoms. The molecule has 0 spiro atoms. The zero-order valence-corrected chi connectivity index (χ0v) is 25.5. The maximum absolute atomic E-state index is 13.7. The number of sulfonamides is 1. The lowest BCUT2D eigenvalue weighted by molar-refractivity contribution is -0.141. The van der Waals surface area contributed by atoms with E-state index in [9.17, 15) is 36.3 Å². The number of aromatic carboxylic acids is 1. The van der Waals surface area contributed by atoms with E-state index in [2.05, 4.69) is 14.9 Å². The van der Waals surface area contributed by atoms with E-state index >= 15 is 0 Å². The number of thiophene rings is 1. The Kier molecular flexibility index (Phi) is 9.49. The van der Waals surface area contributed by atoms with Gasteiger partial charge >= 0.3 is 12.1 Å². The van der Waals surface area contributed by atoms with Crippen LogP contribution in [0.4, 0.5) is 13.2 Å². The molecule has 236 valence electrons. The Morgan fingerprint density at radius 3 is 2.32 bits per heavy atom. The number of nitrogens with one attached hydrogen (secondary N) is 2. The van der Waals surface area contributed by atoms with Gasteiger partial charge in [-0.15, -0.1) is 11.3 Å². The second-order valence-corrected chi connectivity index (χ2v) is 14.0. The first kappa shape index (κ1) is 32.1. The highest BCUT2D eigenvalue weighted by atomic mass is 32.2. The molecule has 2 aliphatic rings. The zero-order valence-electron chi connectivity index (χ0n) is 23.9. The average Bonchev–Trinajstić information content (AvgIpc) is 3.61. The van der Waals surface area contributed by atoms with E-state index in [1.54, 1.807) is 12.1 Å². The van der Waals surface area contributed by atoms with Gasteiger partial charge < -0.3 is 15.3 Å². The van der Waals surface area contributed by atoms with Crippen molar-refractivity contribution >= 4 is 33.2 Å². The summed E-state index contributed by atoms with van der Waals surface area (Å²) in [5.74, 6) is -1.90. The van der Waals surface area contributed by atoms with E-state index in [0.29, 0.717) is 43.5 Å². The van der Waals surface area contributed by atoms with Crippen LogP contribution >= 0.6 is 11.3 Å². The largest absolute Gasteiger partial charge is 0.477 e. The number of fused-ring (bicyclic) bond motifs is 3. The molecular weight excluding hydrogens is 615 g/mol. The Morgan fingerprint density at radius 2 is 1.68 bits per heavy atom. The predicted molar refractivity (Wildman–Crippen MR) is 161 cm³/mol. The number of benzene rings is 2. The molecule has 0 saturated carbocycles. The number of hydrogen-bond acceptors (Lipinski definition) is 6. The van der Waals surface area contributed by atoms with Gasteiger partial charge in [0.15, 0.2) is 0 Å². The highest BCUT2D eigenvalue weighted by Crippen LogP contribution is 2.51. The Labute approximate surface area is 258 Å². The number of unbranched alkanes of at least 4 members (excludes halogenated alkanes) is 1. The number of amides is 1. The summed E-state index contributed by atoms with van der Waals surface area (Å²) < 4.78 is 67.5. The minimum Gasteiger partial charge on any atom is -0.477 e. The van der Waals surface area contributed by atoms with Gasteiger partial charge in [-0.2, -0.15) is 13.2 Å². The molecule has 1 unspecified atom stereocenters. The van der Waals surface area contributed by atoms with Gasteiger partial charge in [-0.3, -0.25) is 4.79 Å². The van der Waals surface area contributed by atoms with E-state index in [1.807, 2.05) is 36.4 Å². The molecule has 0 bridgehead atoms. The van der Waals surface area contributed by atoms with Crippen LogP contribution in [0.3, 0.4) is 0 Å². The van der Waals surface area contributed by atoms with Crippen molar-refractivity contribution in [1.29, 1.82) is 0 Å². The summed E-state index contributed by atoms with van der Waals surface area (Å²) >= 11 is 0.862. The van der Waals surface area contributed by atoms with E-state index in [-0.39, 0.29) is 22.2 Å². The number of rotatable bonds is 12. The van der Waals surface area contributed by atoms with Gasteiger partial charge in [0.2, 0.25) is 15.9 Å². The number of halogens is 3. The topological polar surface area (TPSA) is 116 Å². The van der Waals surface area contributed by atoms with Gasteiger partial charge in [0, 0.05) is 13.1 Å². The third-order valence-electron chi connectivity index (χ3n) is 8.46. The number of carboxylic acids is 1. The molecule has 2 heterocycles. The summed E-state index contributed by atoms with van der Waals surface area (Å²) in [4.78, 5) is 26.8. The number of nitrogens with zero attached hydrogens (tertiary/aromatic N) is 1. The van der Waals surface area contributed by atoms with Crippen LogP contribution < -0.4 is 10.0 Å². The molecule has 8 nitrogen and oxygen atoms in total. The SMILES string of the molecule is O=C(O)c1sccc1S(=O)(=O)NCC1CCCN(CCCCC2(C(=O)NCC(F)(F)F)c3ccccc3-c3ccccc32)C1. The summed E-state index contributed by atoms with van der Waals surface area (Å²) in [5.41, 5.74) is 1.89. The van der Waals surface area contributed by atoms with Crippen LogP contribution in [-0.2, 0) is 20.2 Å². The van der Waals surface area contributed by atoms with E-state index in [0.717, 1.165) is 41.9 Å². The predicted octanol–water partition coefficient (Wildman–Crippen LogP) is 5.25. The van der Waals surface area contributed by atoms with Crippen molar-refractivity contribution in [2.45, 2.75) is 48.6 Å². The highest BCUT2D eigenvalue weighted by molar-refractivity contribution is 7.89. The number of carbonyl (C=O) groups excluding carboxylic acids is 1. The van der Waals surface area contributed by atoms with E-state index < -0.39 is 40.0 Å². The van der Waals surface area contributed by atoms with E-state index in [1.165, 1.54) is 11.4 Å². The van der Waals surface area contributed by atoms with Crippen molar-refractivity contribution in [1.82, 2.24) is 14.9 Å². The third-order valence-corrected chi connectivity index (χ3v) is 11.0. The maximum atomic E-state index is 13.7. The van der Waals surface area contributed by atoms with Gasteiger partial charge in [-0.25, -0.2) is 17.9 Å². The molecular formula is C31H34F3N3O5S2. The van der Waals surface area contributed by atoms with Gasteiger partial charge in [0.25, 0.3) is 0 Å². The van der Waals surface area contributed by atoms with E-state index in [4.69, 9.17) is 0 Å². The lowest BCUT2D eigenvalue weighted by Gasteiger charge is -2.34. The smallest absolute Gasteiger partial charge is 0.405 e. The molecule has 5 rings (SSSR count). The minimum absolute atomic E-state index is 0.0403.